The molecular weight excluding hydrogens is 1070 g/mol. The van der Waals surface area contributed by atoms with Gasteiger partial charge in [-0.2, -0.15) is 21.9 Å². The van der Waals surface area contributed by atoms with Crippen LogP contribution in [0.3, 0.4) is 0 Å². The van der Waals surface area contributed by atoms with Crippen molar-refractivity contribution in [2.24, 2.45) is 0 Å². The molecule has 1 heterocycles. The first-order valence-electron chi connectivity index (χ1n) is 26.7. The summed E-state index contributed by atoms with van der Waals surface area (Å²) in [5.74, 6) is 0. The molecule has 12 rings (SSSR count). The fraction of sp³-hybridized carbons (Fsp3) is 0.0556. The van der Waals surface area contributed by atoms with Gasteiger partial charge in [-0.15, -0.1) is 0 Å². The van der Waals surface area contributed by atoms with E-state index in [2.05, 4.69) is 320 Å². The molecule has 0 atom stereocenters. The van der Waals surface area contributed by atoms with Gasteiger partial charge in [0.2, 0.25) is 0 Å². The minimum absolute atomic E-state index is 0. The number of aryl methyl sites for hydroxylation is 1. The molecule has 5 radical (unpaired) electrons. The van der Waals surface area contributed by atoms with E-state index in [9.17, 15) is 0 Å². The summed E-state index contributed by atoms with van der Waals surface area (Å²) in [5, 5.41) is 8.39. The summed E-state index contributed by atoms with van der Waals surface area (Å²) in [7, 11) is -0.892. The fourth-order valence-electron chi connectivity index (χ4n) is 9.56. The third-order valence-electron chi connectivity index (χ3n) is 13.2. The third-order valence-corrected chi connectivity index (χ3v) is 18.1. The van der Waals surface area contributed by atoms with E-state index in [4.69, 9.17) is 0 Å². The fourth-order valence-corrected chi connectivity index (χ4v) is 14.2. The first-order chi connectivity index (χ1) is 38.3. The van der Waals surface area contributed by atoms with Crippen LogP contribution in [0.15, 0.2) is 322 Å². The Balaban J connectivity index is 0.000000151. The van der Waals surface area contributed by atoms with Crippen LogP contribution in [0.25, 0.3) is 0 Å². The van der Waals surface area contributed by atoms with E-state index in [0.29, 0.717) is 0 Å². The molecule has 0 aliphatic heterocycles. The summed E-state index contributed by atoms with van der Waals surface area (Å²) in [5.41, 5.74) is 5.36. The standard InChI is InChI=1S/C24H20B.2C18H15P.C7H12N2.C5H5.Ru/c1-5-13-21(14-6-1)25(22-15-7-2-8-16-22,23-17-9-3-10-18-23)24-19-11-4-12-20-24;2*1-4-10-16(11-5-1)19(17-12-6-2-7-13-17)18-14-8-3-9-15-18;1-2-3-5-9-6-4-8-7-9;1-2-4-5-3-1;/h1-20H;2*1-15H;4,6-7H,2-3,5H2,1H3;1-5H;/q-1;;;;;+2. The molecule has 1 aliphatic carbocycles. The van der Waals surface area contributed by atoms with Gasteiger partial charge in [0.15, 0.2) is 0 Å². The molecule has 11 aromatic rings. The van der Waals surface area contributed by atoms with Crippen molar-refractivity contribution in [2.75, 3.05) is 0 Å². The van der Waals surface area contributed by atoms with Gasteiger partial charge >= 0.3 is 19.5 Å². The van der Waals surface area contributed by atoms with Gasteiger partial charge in [-0.1, -0.05) is 317 Å². The minimum atomic E-state index is -1.22. The molecule has 1 fully saturated rings. The van der Waals surface area contributed by atoms with Gasteiger partial charge in [-0.3, -0.25) is 0 Å². The van der Waals surface area contributed by atoms with Crippen LogP contribution in [0.4, 0.5) is 0 Å². The van der Waals surface area contributed by atoms with Gasteiger partial charge < -0.3 is 4.57 Å². The second kappa shape index (κ2) is 33.3. The van der Waals surface area contributed by atoms with E-state index >= 15 is 0 Å². The average Bonchev–Trinajstić information content (AvgIpc) is 4.38. The zero-order chi connectivity index (χ0) is 52.8. The van der Waals surface area contributed by atoms with Crippen molar-refractivity contribution < 1.29 is 19.5 Å². The SMILES string of the molecule is CCCCn1ccnc1.[CH]1[CH][CH][CH][CH]1.[Ru+2].c1ccc(P(c2ccccc2)c2ccccc2)cc1.c1ccc(P(c2ccccc2)c2ccccc2)cc1.c1ccc([B-](c2ccccc2)(c2ccccc2)c2ccccc2)cc1. The van der Waals surface area contributed by atoms with Crippen LogP contribution >= 0.6 is 15.8 Å². The topological polar surface area (TPSA) is 17.8 Å². The van der Waals surface area contributed by atoms with E-state index in [1.54, 1.807) is 0 Å². The van der Waals surface area contributed by atoms with E-state index in [0.717, 1.165) is 6.54 Å². The number of benzene rings is 10. The van der Waals surface area contributed by atoms with Crippen LogP contribution in [-0.2, 0) is 26.0 Å². The van der Waals surface area contributed by atoms with Crippen LogP contribution in [-0.4, -0.2) is 15.7 Å². The summed E-state index contributed by atoms with van der Waals surface area (Å²) in [6, 6.07) is 108. The maximum absolute atomic E-state index is 3.94. The van der Waals surface area contributed by atoms with Gasteiger partial charge in [0.05, 0.1) is 6.33 Å². The second-order valence-electron chi connectivity index (χ2n) is 18.3. The number of nitrogens with zero attached hydrogens (tertiary/aromatic N) is 2. The van der Waals surface area contributed by atoms with E-state index < -0.39 is 22.0 Å². The van der Waals surface area contributed by atoms with Crippen molar-refractivity contribution in [1.82, 2.24) is 9.55 Å². The van der Waals surface area contributed by atoms with Gasteiger partial charge in [0.25, 0.3) is 0 Å². The molecule has 0 amide bonds. The first-order valence-corrected chi connectivity index (χ1v) is 29.3. The predicted octanol–water partition coefficient (Wildman–Crippen LogP) is 12.7. The maximum Gasteiger partial charge on any atom is 2.00 e. The molecule has 0 spiro atoms. The van der Waals surface area contributed by atoms with E-state index in [-0.39, 0.29) is 19.5 Å². The van der Waals surface area contributed by atoms with Crippen molar-refractivity contribution >= 4 is 75.7 Å². The Labute approximate surface area is 481 Å². The molecule has 1 aromatic heterocycles. The first kappa shape index (κ1) is 58.6. The Morgan fingerprint density at radius 2 is 0.538 bits per heavy atom. The van der Waals surface area contributed by atoms with Crippen LogP contribution in [0, 0.1) is 32.1 Å². The summed E-state index contributed by atoms with van der Waals surface area (Å²) < 4.78 is 2.10. The molecule has 0 N–H and O–H groups in total. The molecule has 10 aromatic carbocycles. The normalized spacial score (nSPS) is 11.4. The average molecular weight is 1130 g/mol. The van der Waals surface area contributed by atoms with Gasteiger partial charge in [-0.25, -0.2) is 4.98 Å². The molecule has 385 valence electrons. The number of hydrogen-bond donors (Lipinski definition) is 0. The number of unbranched alkanes of at least 4 members (excludes halogenated alkanes) is 1. The van der Waals surface area contributed by atoms with Gasteiger partial charge in [0.1, 0.15) is 6.15 Å². The molecule has 6 heteroatoms. The largest absolute Gasteiger partial charge is 2.00 e. The van der Waals surface area contributed by atoms with E-state index in [1.165, 1.54) is 66.5 Å². The Bertz CT molecular complexity index is 2740. The number of aromatic nitrogens is 2. The smallest absolute Gasteiger partial charge is 0.337 e. The minimum Gasteiger partial charge on any atom is -0.337 e. The van der Waals surface area contributed by atoms with Crippen molar-refractivity contribution in [3.05, 3.63) is 354 Å². The molecule has 1 aliphatic rings. The third kappa shape index (κ3) is 17.0. The number of imidazole rings is 1. The number of hydrogen-bond acceptors (Lipinski definition) is 1. The zero-order valence-corrected chi connectivity index (χ0v) is 47.9. The van der Waals surface area contributed by atoms with Crippen LogP contribution in [0.1, 0.15) is 19.8 Å². The van der Waals surface area contributed by atoms with Crippen molar-refractivity contribution in [1.29, 1.82) is 0 Å². The molecule has 0 bridgehead atoms. The Kier molecular flexibility index (Phi) is 25.0. The van der Waals surface area contributed by atoms with Crippen LogP contribution < -0.4 is 53.7 Å². The van der Waals surface area contributed by atoms with E-state index in [1.807, 2.05) is 50.8 Å². The summed E-state index contributed by atoms with van der Waals surface area (Å²) in [6.45, 7) is 3.30. The van der Waals surface area contributed by atoms with Gasteiger partial charge in [-0.05, 0) is 86.2 Å². The summed E-state index contributed by atoms with van der Waals surface area (Å²) in [4.78, 5) is 3.94. The Hall–Kier alpha value is -7.04. The van der Waals surface area contributed by atoms with Crippen molar-refractivity contribution in [3.8, 4) is 0 Å². The second-order valence-corrected chi connectivity index (χ2v) is 22.7. The monoisotopic (exact) mass is 1130 g/mol. The maximum atomic E-state index is 3.94. The molecular formula is C72H67BN2P2Ru+. The Morgan fingerprint density at radius 3 is 0.731 bits per heavy atom. The molecule has 1 saturated carbocycles. The Morgan fingerprint density at radius 1 is 0.321 bits per heavy atom. The van der Waals surface area contributed by atoms with Crippen molar-refractivity contribution in [3.63, 3.8) is 0 Å². The van der Waals surface area contributed by atoms with Crippen LogP contribution in [0.5, 0.6) is 0 Å². The molecule has 0 saturated heterocycles. The molecule has 2 nitrogen and oxygen atoms in total. The molecule has 0 unspecified atom stereocenters. The number of rotatable bonds is 13. The van der Waals surface area contributed by atoms with Gasteiger partial charge in [0, 0.05) is 18.9 Å². The zero-order valence-electron chi connectivity index (χ0n) is 44.3. The predicted molar refractivity (Wildman–Crippen MR) is 339 cm³/mol. The summed E-state index contributed by atoms with van der Waals surface area (Å²) >= 11 is 0. The van der Waals surface area contributed by atoms with Crippen molar-refractivity contribution in [2.45, 2.75) is 26.3 Å². The van der Waals surface area contributed by atoms with Crippen LogP contribution in [0.2, 0.25) is 0 Å². The summed E-state index contributed by atoms with van der Waals surface area (Å²) in [6.07, 6.45) is 16.9. The molecule has 78 heavy (non-hydrogen) atoms. The quantitative estimate of drug-likeness (QED) is 0.0831.